The van der Waals surface area contributed by atoms with Crippen LogP contribution < -0.4 is 15.6 Å². The van der Waals surface area contributed by atoms with Gasteiger partial charge in [0.2, 0.25) is 5.91 Å². The molecular weight excluding hydrogens is 498 g/mol. The molecule has 1 fully saturated rings. The molecule has 0 atom stereocenters. The molecule has 1 spiro atoms. The van der Waals surface area contributed by atoms with Gasteiger partial charge >= 0.3 is 0 Å². The van der Waals surface area contributed by atoms with Gasteiger partial charge in [-0.05, 0) is 49.1 Å². The molecule has 2 aliphatic rings. The largest absolute Gasteiger partial charge is 0.495 e. The quantitative estimate of drug-likeness (QED) is 0.247. The van der Waals surface area contributed by atoms with Gasteiger partial charge in [0.25, 0.3) is 5.56 Å². The Kier molecular flexibility index (Phi) is 6.57. The molecule has 4 aromatic rings. The van der Waals surface area contributed by atoms with Crippen molar-refractivity contribution in [2.24, 2.45) is 0 Å². The molecule has 8 heteroatoms. The molecule has 0 saturated heterocycles. The van der Waals surface area contributed by atoms with Crippen LogP contribution in [-0.2, 0) is 23.2 Å². The molecule has 0 radical (unpaired) electrons. The maximum Gasteiger partial charge on any atom is 0.258 e. The van der Waals surface area contributed by atoms with Crippen LogP contribution in [0.4, 0.5) is 5.69 Å². The lowest BCUT2D eigenvalue weighted by atomic mass is 9.68. The molecule has 7 nitrogen and oxygen atoms in total. The van der Waals surface area contributed by atoms with E-state index in [9.17, 15) is 9.59 Å². The third-order valence-electron chi connectivity index (χ3n) is 7.63. The average Bonchev–Trinajstić information content (AvgIpc) is 3.62. The number of hydrogen-bond acceptors (Lipinski definition) is 6. The van der Waals surface area contributed by atoms with E-state index in [1.165, 1.54) is 17.3 Å². The third-order valence-corrected chi connectivity index (χ3v) is 8.61. The van der Waals surface area contributed by atoms with Gasteiger partial charge in [-0.3, -0.25) is 14.2 Å². The number of carbonyl (C=O) groups is 1. The Labute approximate surface area is 225 Å². The molecule has 0 unspecified atom stereocenters. The molecule has 2 aromatic heterocycles. The normalized spacial score (nSPS) is 15.2. The van der Waals surface area contributed by atoms with Crippen molar-refractivity contribution in [3.05, 3.63) is 94.2 Å². The number of anilines is 1. The molecule has 2 aliphatic carbocycles. The SMILES string of the molecule is COc1ccccc1NC(=O)CSc1nc2c(c(=O)n1Cc1ccco1)C1(CCCC1)Cc1ccccc1-2. The van der Waals surface area contributed by atoms with Gasteiger partial charge in [-0.15, -0.1) is 0 Å². The maximum atomic E-state index is 14.3. The van der Waals surface area contributed by atoms with Crippen molar-refractivity contribution in [2.75, 3.05) is 18.2 Å². The number of methoxy groups -OCH3 is 1. The van der Waals surface area contributed by atoms with Crippen LogP contribution in [0.15, 0.2) is 81.3 Å². The summed E-state index contributed by atoms with van der Waals surface area (Å²) in [5.41, 5.74) is 4.22. The number of ether oxygens (including phenoxy) is 1. The molecule has 194 valence electrons. The minimum Gasteiger partial charge on any atom is -0.495 e. The first-order chi connectivity index (χ1) is 18.6. The summed E-state index contributed by atoms with van der Waals surface area (Å²) < 4.78 is 12.6. The molecular formula is C30H29N3O4S. The van der Waals surface area contributed by atoms with Crippen LogP contribution in [0.25, 0.3) is 11.3 Å². The number of aromatic nitrogens is 2. The van der Waals surface area contributed by atoms with Crippen LogP contribution >= 0.6 is 11.8 Å². The highest BCUT2D eigenvalue weighted by atomic mass is 32.2. The minimum atomic E-state index is -0.205. The number of hydrogen-bond donors (Lipinski definition) is 1. The fourth-order valence-corrected chi connectivity index (χ4v) is 6.71. The van der Waals surface area contributed by atoms with Crippen molar-refractivity contribution in [2.45, 2.75) is 49.2 Å². The van der Waals surface area contributed by atoms with Gasteiger partial charge in [0.05, 0.1) is 42.6 Å². The van der Waals surface area contributed by atoms with E-state index in [1.807, 2.05) is 30.3 Å². The topological polar surface area (TPSA) is 86.4 Å². The number of nitrogens with one attached hydrogen (secondary N) is 1. The first kappa shape index (κ1) is 24.6. The molecule has 1 N–H and O–H groups in total. The van der Waals surface area contributed by atoms with Gasteiger partial charge in [0.15, 0.2) is 5.16 Å². The number of para-hydroxylation sites is 2. The van der Waals surface area contributed by atoms with Gasteiger partial charge in [-0.25, -0.2) is 4.98 Å². The highest BCUT2D eigenvalue weighted by Gasteiger charge is 2.44. The highest BCUT2D eigenvalue weighted by Crippen LogP contribution is 2.50. The maximum absolute atomic E-state index is 14.3. The average molecular weight is 528 g/mol. The second kappa shape index (κ2) is 10.2. The summed E-state index contributed by atoms with van der Waals surface area (Å²) in [5.74, 6) is 1.15. The molecule has 0 aliphatic heterocycles. The van der Waals surface area contributed by atoms with Crippen LogP contribution in [-0.4, -0.2) is 28.3 Å². The number of amides is 1. The number of rotatable bonds is 7. The zero-order valence-electron chi connectivity index (χ0n) is 21.2. The van der Waals surface area contributed by atoms with Gasteiger partial charge in [-0.1, -0.05) is 61.0 Å². The predicted octanol–water partition coefficient (Wildman–Crippen LogP) is 5.66. The highest BCUT2D eigenvalue weighted by molar-refractivity contribution is 7.99. The second-order valence-electron chi connectivity index (χ2n) is 9.95. The number of carbonyl (C=O) groups excluding carboxylic acids is 1. The number of furan rings is 1. The van der Waals surface area contributed by atoms with Gasteiger partial charge in [0, 0.05) is 11.0 Å². The molecule has 0 bridgehead atoms. The monoisotopic (exact) mass is 527 g/mol. The Balaban J connectivity index is 1.40. The summed E-state index contributed by atoms with van der Waals surface area (Å²) in [7, 11) is 1.57. The second-order valence-corrected chi connectivity index (χ2v) is 10.9. The summed E-state index contributed by atoms with van der Waals surface area (Å²) in [6, 6.07) is 19.2. The molecule has 6 rings (SSSR count). The zero-order valence-corrected chi connectivity index (χ0v) is 22.1. The van der Waals surface area contributed by atoms with Crippen LogP contribution in [0, 0.1) is 0 Å². The smallest absolute Gasteiger partial charge is 0.258 e. The predicted molar refractivity (Wildman–Crippen MR) is 148 cm³/mol. The van der Waals surface area contributed by atoms with Crippen LogP contribution in [0.5, 0.6) is 5.75 Å². The lowest BCUT2D eigenvalue weighted by Crippen LogP contribution is -2.40. The Hall–Kier alpha value is -3.78. The first-order valence-electron chi connectivity index (χ1n) is 12.9. The molecule has 2 aromatic carbocycles. The van der Waals surface area contributed by atoms with E-state index in [1.54, 1.807) is 30.1 Å². The number of nitrogens with zero attached hydrogens (tertiary/aromatic N) is 2. The lowest BCUT2D eigenvalue weighted by molar-refractivity contribution is -0.113. The summed E-state index contributed by atoms with van der Waals surface area (Å²) >= 11 is 1.26. The minimum absolute atomic E-state index is 0.0320. The van der Waals surface area contributed by atoms with Crippen LogP contribution in [0.2, 0.25) is 0 Å². The Morgan fingerprint density at radius 2 is 1.89 bits per heavy atom. The molecule has 2 heterocycles. The number of fused-ring (bicyclic) bond motifs is 4. The van der Waals surface area contributed by atoms with Crippen molar-refractivity contribution in [1.82, 2.24) is 9.55 Å². The fourth-order valence-electron chi connectivity index (χ4n) is 5.92. The molecule has 38 heavy (non-hydrogen) atoms. The van der Waals surface area contributed by atoms with Crippen LogP contribution in [0.1, 0.15) is 42.6 Å². The van der Waals surface area contributed by atoms with E-state index in [2.05, 4.69) is 23.5 Å². The van der Waals surface area contributed by atoms with Crippen molar-refractivity contribution in [1.29, 1.82) is 0 Å². The van der Waals surface area contributed by atoms with Crippen LogP contribution in [0.3, 0.4) is 0 Å². The van der Waals surface area contributed by atoms with Gasteiger partial charge in [0.1, 0.15) is 11.5 Å². The van der Waals surface area contributed by atoms with E-state index >= 15 is 0 Å². The van der Waals surface area contributed by atoms with Crippen molar-refractivity contribution < 1.29 is 13.9 Å². The molecule has 1 saturated carbocycles. The van der Waals surface area contributed by atoms with Crippen molar-refractivity contribution >= 4 is 23.4 Å². The van der Waals surface area contributed by atoms with Gasteiger partial charge < -0.3 is 14.5 Å². The first-order valence-corrected chi connectivity index (χ1v) is 13.9. The van der Waals surface area contributed by atoms with E-state index in [0.717, 1.165) is 48.9 Å². The standard InChI is InChI=1S/C30H29N3O4S/c1-36-24-13-5-4-12-23(24)31-25(34)19-38-29-32-27-22-11-3-2-9-20(22)17-30(14-6-7-15-30)26(27)28(35)33(29)18-21-10-8-16-37-21/h2-5,8-13,16H,6-7,14-15,17-19H2,1H3,(H,31,34). The summed E-state index contributed by atoms with van der Waals surface area (Å²) in [4.78, 5) is 32.3. The fraction of sp³-hybridized carbons (Fsp3) is 0.300. The molecule has 1 amide bonds. The van der Waals surface area contributed by atoms with E-state index in [-0.39, 0.29) is 29.2 Å². The van der Waals surface area contributed by atoms with Crippen molar-refractivity contribution in [3.63, 3.8) is 0 Å². The lowest BCUT2D eigenvalue weighted by Gasteiger charge is -2.36. The Morgan fingerprint density at radius 1 is 1.11 bits per heavy atom. The summed E-state index contributed by atoms with van der Waals surface area (Å²) in [5, 5.41) is 3.42. The third kappa shape index (κ3) is 4.43. The van der Waals surface area contributed by atoms with Gasteiger partial charge in [-0.2, -0.15) is 0 Å². The van der Waals surface area contributed by atoms with E-state index in [4.69, 9.17) is 14.1 Å². The number of thioether (sulfide) groups is 1. The van der Waals surface area contributed by atoms with E-state index < -0.39 is 0 Å². The zero-order chi connectivity index (χ0) is 26.1. The summed E-state index contributed by atoms with van der Waals surface area (Å²) in [6.07, 6.45) is 6.66. The Bertz CT molecular complexity index is 1540. The van der Waals surface area contributed by atoms with Crippen molar-refractivity contribution in [3.8, 4) is 17.0 Å². The summed E-state index contributed by atoms with van der Waals surface area (Å²) in [6.45, 7) is 0.264. The Morgan fingerprint density at radius 3 is 2.68 bits per heavy atom. The number of benzene rings is 2. The van der Waals surface area contributed by atoms with E-state index in [0.29, 0.717) is 22.4 Å².